The maximum absolute atomic E-state index is 13.9. The molecule has 0 unspecified atom stereocenters. The summed E-state index contributed by atoms with van der Waals surface area (Å²) in [5.74, 6) is -3.81. The summed E-state index contributed by atoms with van der Waals surface area (Å²) in [5, 5.41) is 0.799. The van der Waals surface area contributed by atoms with Gasteiger partial charge in [-0.2, -0.15) is 0 Å². The van der Waals surface area contributed by atoms with Gasteiger partial charge in [0, 0.05) is 43.2 Å². The number of likely N-dealkylation sites (tertiary alicyclic amines) is 2. The molecule has 9 heteroatoms. The molecule has 2 aliphatic heterocycles. The minimum Gasteiger partial charge on any atom is -0.493 e. The maximum atomic E-state index is 13.9. The van der Waals surface area contributed by atoms with E-state index in [1.807, 2.05) is 12.1 Å². The molecule has 5 rings (SSSR count). The van der Waals surface area contributed by atoms with Gasteiger partial charge in [-0.3, -0.25) is 9.59 Å². The molecule has 1 spiro atoms. The van der Waals surface area contributed by atoms with Crippen LogP contribution in [-0.2, 0) is 4.79 Å². The van der Waals surface area contributed by atoms with Gasteiger partial charge in [0.15, 0.2) is 34.5 Å². The molecule has 0 saturated carbocycles. The van der Waals surface area contributed by atoms with Gasteiger partial charge < -0.3 is 19.0 Å². The number of hydrogen-bond acceptors (Lipinski definition) is 4. The van der Waals surface area contributed by atoms with Crippen LogP contribution in [0.25, 0.3) is 17.0 Å². The third kappa shape index (κ3) is 4.34. The van der Waals surface area contributed by atoms with E-state index in [0.717, 1.165) is 42.9 Å². The number of fused-ring (bicyclic) bond motifs is 1. The van der Waals surface area contributed by atoms with E-state index >= 15 is 0 Å². The second kappa shape index (κ2) is 9.37. The molecule has 0 atom stereocenters. The molecule has 2 amide bonds. The zero-order chi connectivity index (χ0) is 25.4. The van der Waals surface area contributed by atoms with Crippen molar-refractivity contribution in [2.75, 3.05) is 33.3 Å². The molecule has 0 bridgehead atoms. The summed E-state index contributed by atoms with van der Waals surface area (Å²) in [4.78, 5) is 29.2. The van der Waals surface area contributed by atoms with E-state index < -0.39 is 17.5 Å². The van der Waals surface area contributed by atoms with Crippen LogP contribution in [0.2, 0.25) is 0 Å². The second-order valence-electron chi connectivity index (χ2n) is 9.39. The zero-order valence-electron chi connectivity index (χ0n) is 19.7. The molecule has 0 N–H and O–H groups in total. The molecule has 188 valence electrons. The highest BCUT2D eigenvalue weighted by Crippen LogP contribution is 2.41. The third-order valence-electron chi connectivity index (χ3n) is 7.27. The topological polar surface area (TPSA) is 63.0 Å². The van der Waals surface area contributed by atoms with Crippen LogP contribution < -0.4 is 4.74 Å². The first kappa shape index (κ1) is 24.0. The number of furan rings is 1. The number of carbonyl (C=O) groups is 2. The molecule has 0 aliphatic carbocycles. The molecule has 0 radical (unpaired) electrons. The largest absolute Gasteiger partial charge is 0.493 e. The number of carbonyl (C=O) groups excluding carboxylic acids is 2. The van der Waals surface area contributed by atoms with E-state index in [-0.39, 0.29) is 28.6 Å². The van der Waals surface area contributed by atoms with Crippen LogP contribution in [-0.4, -0.2) is 54.9 Å². The van der Waals surface area contributed by atoms with Crippen molar-refractivity contribution in [1.29, 1.82) is 0 Å². The lowest BCUT2D eigenvalue weighted by Crippen LogP contribution is -2.44. The van der Waals surface area contributed by atoms with Crippen molar-refractivity contribution in [3.8, 4) is 5.75 Å². The van der Waals surface area contributed by atoms with Crippen molar-refractivity contribution in [2.45, 2.75) is 19.3 Å². The van der Waals surface area contributed by atoms with E-state index in [1.165, 1.54) is 6.08 Å². The normalized spacial score (nSPS) is 17.4. The minimum atomic E-state index is -1.56. The van der Waals surface area contributed by atoms with Crippen molar-refractivity contribution in [3.63, 3.8) is 0 Å². The predicted octanol–water partition coefficient (Wildman–Crippen LogP) is 5.03. The number of methoxy groups -OCH3 is 1. The van der Waals surface area contributed by atoms with Gasteiger partial charge in [-0.05, 0) is 55.0 Å². The highest BCUT2D eigenvalue weighted by molar-refractivity contribution is 5.97. The summed E-state index contributed by atoms with van der Waals surface area (Å²) in [6, 6.07) is 9.12. The maximum Gasteiger partial charge on any atom is 0.289 e. The quantitative estimate of drug-likeness (QED) is 0.374. The van der Waals surface area contributed by atoms with Crippen molar-refractivity contribution in [2.24, 2.45) is 5.41 Å². The Bertz CT molecular complexity index is 1360. The van der Waals surface area contributed by atoms with E-state index in [1.54, 1.807) is 29.0 Å². The summed E-state index contributed by atoms with van der Waals surface area (Å²) in [5.41, 5.74) is 0.259. The average molecular weight is 499 g/mol. The van der Waals surface area contributed by atoms with Crippen molar-refractivity contribution >= 4 is 28.9 Å². The molecule has 2 aliphatic rings. The fourth-order valence-electron chi connectivity index (χ4n) is 5.11. The summed E-state index contributed by atoms with van der Waals surface area (Å²) >= 11 is 0. The first-order valence-corrected chi connectivity index (χ1v) is 11.8. The smallest absolute Gasteiger partial charge is 0.289 e. The SMILES string of the molecule is COc1cccc2cc(C(=O)N3CCC4(CCN(C(=O)/C=C/c5ccc(F)c(F)c5F)C4)CC3)oc12. The molecule has 1 aromatic heterocycles. The number of ether oxygens (including phenoxy) is 1. The second-order valence-corrected chi connectivity index (χ2v) is 9.39. The highest BCUT2D eigenvalue weighted by Gasteiger charge is 2.42. The van der Waals surface area contributed by atoms with Crippen LogP contribution >= 0.6 is 0 Å². The lowest BCUT2D eigenvalue weighted by atomic mass is 9.77. The molecule has 3 aromatic rings. The molecule has 2 fully saturated rings. The number of halogens is 3. The van der Waals surface area contributed by atoms with Gasteiger partial charge in [0.2, 0.25) is 5.91 Å². The van der Waals surface area contributed by atoms with Gasteiger partial charge in [-0.25, -0.2) is 13.2 Å². The van der Waals surface area contributed by atoms with Crippen LogP contribution in [0, 0.1) is 22.9 Å². The summed E-state index contributed by atoms with van der Waals surface area (Å²) in [6.07, 6.45) is 4.63. The zero-order valence-corrected chi connectivity index (χ0v) is 19.7. The first-order valence-electron chi connectivity index (χ1n) is 11.8. The van der Waals surface area contributed by atoms with Gasteiger partial charge in [0.05, 0.1) is 7.11 Å². The van der Waals surface area contributed by atoms with Crippen molar-refractivity contribution in [3.05, 3.63) is 71.2 Å². The number of nitrogens with zero attached hydrogens (tertiary/aromatic N) is 2. The van der Waals surface area contributed by atoms with Gasteiger partial charge in [0.25, 0.3) is 5.91 Å². The standard InChI is InChI=1S/C27H25F3N2O4/c1-35-20-4-2-3-18-15-21(36-25(18)20)26(34)31-12-9-27(10-13-31)11-14-32(16-27)22(33)8-6-17-5-7-19(28)24(30)23(17)29/h2-8,15H,9-14,16H2,1H3/b8-6+. The molecule has 6 nitrogen and oxygen atoms in total. The lowest BCUT2D eigenvalue weighted by molar-refractivity contribution is -0.125. The van der Waals surface area contributed by atoms with Crippen LogP contribution in [0.4, 0.5) is 13.2 Å². The average Bonchev–Trinajstić information content (AvgIpc) is 3.51. The number of para-hydroxylation sites is 1. The number of hydrogen-bond donors (Lipinski definition) is 0. The Kier molecular flexibility index (Phi) is 6.24. The number of piperidine rings is 1. The van der Waals surface area contributed by atoms with Crippen LogP contribution in [0.15, 0.2) is 46.9 Å². The molecule has 3 heterocycles. The summed E-state index contributed by atoms with van der Waals surface area (Å²) < 4.78 is 51.5. The summed E-state index contributed by atoms with van der Waals surface area (Å²) in [6.45, 7) is 2.16. The molecular formula is C27H25F3N2O4. The van der Waals surface area contributed by atoms with Gasteiger partial charge in [0.1, 0.15) is 0 Å². The Morgan fingerprint density at radius 2 is 1.72 bits per heavy atom. The van der Waals surface area contributed by atoms with Gasteiger partial charge in [-0.15, -0.1) is 0 Å². The van der Waals surface area contributed by atoms with Crippen LogP contribution in [0.1, 0.15) is 35.4 Å². The molecule has 2 saturated heterocycles. The van der Waals surface area contributed by atoms with Crippen LogP contribution in [0.5, 0.6) is 5.75 Å². The lowest BCUT2D eigenvalue weighted by Gasteiger charge is -2.38. The fourth-order valence-corrected chi connectivity index (χ4v) is 5.11. The van der Waals surface area contributed by atoms with E-state index in [9.17, 15) is 22.8 Å². The molecule has 2 aromatic carbocycles. The number of rotatable bonds is 4. The minimum absolute atomic E-state index is 0.0926. The Morgan fingerprint density at radius 3 is 2.44 bits per heavy atom. The summed E-state index contributed by atoms with van der Waals surface area (Å²) in [7, 11) is 1.55. The fraction of sp³-hybridized carbons (Fsp3) is 0.333. The molecule has 36 heavy (non-hydrogen) atoms. The van der Waals surface area contributed by atoms with Crippen molar-refractivity contribution in [1.82, 2.24) is 9.80 Å². The van der Waals surface area contributed by atoms with E-state index in [0.29, 0.717) is 37.5 Å². The van der Waals surface area contributed by atoms with Crippen LogP contribution in [0.3, 0.4) is 0 Å². The monoisotopic (exact) mass is 498 g/mol. The van der Waals surface area contributed by atoms with Crippen molar-refractivity contribution < 1.29 is 31.9 Å². The Morgan fingerprint density at radius 1 is 1.00 bits per heavy atom. The number of amides is 2. The van der Waals surface area contributed by atoms with Gasteiger partial charge >= 0.3 is 0 Å². The van der Waals surface area contributed by atoms with Gasteiger partial charge in [-0.1, -0.05) is 12.1 Å². The Hall–Kier alpha value is -3.75. The first-order chi connectivity index (χ1) is 17.3. The molecular weight excluding hydrogens is 473 g/mol. The Balaban J connectivity index is 1.20. The van der Waals surface area contributed by atoms with E-state index in [2.05, 4.69) is 0 Å². The third-order valence-corrected chi connectivity index (χ3v) is 7.27. The van der Waals surface area contributed by atoms with E-state index in [4.69, 9.17) is 9.15 Å². The Labute approximate surface area is 205 Å². The predicted molar refractivity (Wildman–Crippen MR) is 127 cm³/mol. The number of benzene rings is 2. The highest BCUT2D eigenvalue weighted by atomic mass is 19.2.